The van der Waals surface area contributed by atoms with Crippen molar-refractivity contribution in [1.82, 2.24) is 0 Å². The maximum atomic E-state index is 14.2. The number of hydrogen-bond acceptors (Lipinski definition) is 3. The lowest BCUT2D eigenvalue weighted by Gasteiger charge is -2.41. The van der Waals surface area contributed by atoms with Gasteiger partial charge in [0.25, 0.3) is 0 Å². The summed E-state index contributed by atoms with van der Waals surface area (Å²) in [5.41, 5.74) is -6.85. The van der Waals surface area contributed by atoms with E-state index in [0.29, 0.717) is 11.1 Å². The summed E-state index contributed by atoms with van der Waals surface area (Å²) in [6, 6.07) is 18.1. The number of alkyl halides is 9. The molecule has 4 rings (SSSR count). The van der Waals surface area contributed by atoms with Gasteiger partial charge in [0, 0.05) is 14.7 Å². The van der Waals surface area contributed by atoms with Crippen LogP contribution in [0.25, 0.3) is 0 Å². The molecular formula is C29H21F9O3S2. The van der Waals surface area contributed by atoms with Crippen molar-refractivity contribution >= 4 is 20.4 Å². The zero-order valence-electron chi connectivity index (χ0n) is 22.1. The molecular weight excluding hydrogens is 631 g/mol. The molecule has 230 valence electrons. The van der Waals surface area contributed by atoms with E-state index >= 15 is 0 Å². The van der Waals surface area contributed by atoms with Gasteiger partial charge in [-0.15, -0.1) is 0 Å². The summed E-state index contributed by atoms with van der Waals surface area (Å²) in [6.45, 7) is 3.12. The molecule has 14 heteroatoms. The highest BCUT2D eigenvalue weighted by atomic mass is 32.3. The summed E-state index contributed by atoms with van der Waals surface area (Å²) in [5, 5.41) is 0. The highest BCUT2D eigenvalue weighted by molar-refractivity contribution is 8.33. The summed E-state index contributed by atoms with van der Waals surface area (Å²) in [4.78, 5) is -2.10. The highest BCUT2D eigenvalue weighted by Crippen LogP contribution is 2.72. The van der Waals surface area contributed by atoms with E-state index in [1.54, 1.807) is 44.2 Å². The molecule has 0 saturated carbocycles. The third-order valence-electron chi connectivity index (χ3n) is 6.32. The minimum atomic E-state index is -6.16. The van der Waals surface area contributed by atoms with E-state index in [4.69, 9.17) is 3.63 Å². The number of rotatable bonds is 6. The monoisotopic (exact) mass is 652 g/mol. The number of aryl methyl sites for hydroxylation is 2. The smallest absolute Gasteiger partial charge is 0.203 e. The molecule has 0 aliphatic heterocycles. The first-order valence-electron chi connectivity index (χ1n) is 12.2. The molecule has 0 radical (unpaired) electrons. The van der Waals surface area contributed by atoms with Crippen molar-refractivity contribution in [2.45, 2.75) is 52.0 Å². The minimum Gasteiger partial charge on any atom is -0.203 e. The van der Waals surface area contributed by atoms with Gasteiger partial charge in [-0.1, -0.05) is 54.6 Å². The molecule has 0 bridgehead atoms. The van der Waals surface area contributed by atoms with Crippen molar-refractivity contribution in [3.05, 3.63) is 119 Å². The predicted octanol–water partition coefficient (Wildman–Crippen LogP) is 9.96. The predicted molar refractivity (Wildman–Crippen MR) is 141 cm³/mol. The maximum absolute atomic E-state index is 14.2. The Morgan fingerprint density at radius 2 is 0.930 bits per heavy atom. The topological polar surface area (TPSA) is 43.4 Å². The quantitative estimate of drug-likeness (QED) is 0.195. The Balaban J connectivity index is 2.19. The molecule has 0 unspecified atom stereocenters. The average molecular weight is 653 g/mol. The van der Waals surface area contributed by atoms with Crippen molar-refractivity contribution in [1.29, 1.82) is 0 Å². The van der Waals surface area contributed by atoms with Crippen LogP contribution >= 0.6 is 10.3 Å². The van der Waals surface area contributed by atoms with Gasteiger partial charge in [0.05, 0.1) is 16.7 Å². The average Bonchev–Trinajstić information content (AvgIpc) is 2.91. The lowest BCUT2D eigenvalue weighted by molar-refractivity contribution is -0.152. The fourth-order valence-corrected chi connectivity index (χ4v) is 10.6. The Morgan fingerprint density at radius 1 is 0.535 bits per heavy atom. The lowest BCUT2D eigenvalue weighted by Crippen LogP contribution is -2.25. The largest absolute Gasteiger partial charge is 0.417 e. The van der Waals surface area contributed by atoms with Crippen LogP contribution in [-0.4, -0.2) is 8.42 Å². The summed E-state index contributed by atoms with van der Waals surface area (Å²) in [6.07, 6.45) is -17.6. The third kappa shape index (κ3) is 6.27. The zero-order valence-corrected chi connectivity index (χ0v) is 23.7. The van der Waals surface area contributed by atoms with Crippen LogP contribution in [0.1, 0.15) is 27.8 Å². The molecule has 43 heavy (non-hydrogen) atoms. The van der Waals surface area contributed by atoms with E-state index in [2.05, 4.69) is 0 Å². The van der Waals surface area contributed by atoms with Gasteiger partial charge < -0.3 is 0 Å². The third-order valence-corrected chi connectivity index (χ3v) is 11.9. The van der Waals surface area contributed by atoms with Gasteiger partial charge in [-0.05, 0) is 71.7 Å². The lowest BCUT2D eigenvalue weighted by atomic mass is 10.0. The van der Waals surface area contributed by atoms with E-state index in [1.807, 2.05) is 0 Å². The molecule has 0 aliphatic carbocycles. The molecule has 0 fully saturated rings. The van der Waals surface area contributed by atoms with E-state index in [9.17, 15) is 47.9 Å². The van der Waals surface area contributed by atoms with Crippen molar-refractivity contribution in [2.24, 2.45) is 0 Å². The van der Waals surface area contributed by atoms with Gasteiger partial charge in [-0.2, -0.15) is 47.9 Å². The van der Waals surface area contributed by atoms with E-state index in [0.717, 1.165) is 0 Å². The zero-order chi connectivity index (χ0) is 32.0. The molecule has 0 aromatic heterocycles. The maximum Gasteiger partial charge on any atom is 0.417 e. The molecule has 0 saturated heterocycles. The first-order valence-corrected chi connectivity index (χ1v) is 15.1. The summed E-state index contributed by atoms with van der Waals surface area (Å²) in [7, 11) is -9.86. The number of benzene rings is 4. The first kappa shape index (κ1) is 32.4. The van der Waals surface area contributed by atoms with Crippen molar-refractivity contribution < 1.29 is 51.6 Å². The Hall–Kier alpha value is -3.49. The van der Waals surface area contributed by atoms with E-state index in [-0.39, 0.29) is 14.7 Å². The summed E-state index contributed by atoms with van der Waals surface area (Å²) < 4.78 is 159. The number of halogens is 9. The van der Waals surface area contributed by atoms with Gasteiger partial charge in [-0.3, -0.25) is 0 Å². The van der Waals surface area contributed by atoms with Crippen LogP contribution in [0.15, 0.2) is 111 Å². The van der Waals surface area contributed by atoms with Crippen molar-refractivity contribution in [2.75, 3.05) is 0 Å². The Morgan fingerprint density at radius 3 is 1.28 bits per heavy atom. The van der Waals surface area contributed by atoms with Crippen LogP contribution in [-0.2, 0) is 32.3 Å². The Bertz CT molecular complexity index is 1640. The number of hydrogen-bond donors (Lipinski definition) is 0. The molecule has 0 N–H and O–H groups in total. The highest BCUT2D eigenvalue weighted by Gasteiger charge is 2.51. The molecule has 0 heterocycles. The van der Waals surface area contributed by atoms with Crippen LogP contribution in [0.4, 0.5) is 39.5 Å². The molecule has 0 aliphatic rings. The van der Waals surface area contributed by atoms with Crippen LogP contribution in [0, 0.1) is 13.8 Å². The fraction of sp³-hybridized carbons (Fsp3) is 0.172. The van der Waals surface area contributed by atoms with Gasteiger partial charge in [0.1, 0.15) is 4.90 Å². The normalized spacial score (nSPS) is 13.7. The molecule has 0 spiro atoms. The Kier molecular flexibility index (Phi) is 8.46. The van der Waals surface area contributed by atoms with Gasteiger partial charge in [-0.25, -0.2) is 3.63 Å². The molecule has 3 nitrogen and oxygen atoms in total. The Labute approximate surface area is 242 Å². The van der Waals surface area contributed by atoms with Crippen LogP contribution in [0.3, 0.4) is 0 Å². The molecule has 4 aromatic rings. The van der Waals surface area contributed by atoms with E-state index in [1.165, 1.54) is 48.5 Å². The second-order valence-corrected chi connectivity index (χ2v) is 13.6. The SMILES string of the molecule is Cc1cccc(C)c1S(OS(=O)(=O)c1c(C(F)(F)F)cc(C(F)(F)F)cc1C(F)(F)F)(c1ccccc1)c1ccccc1. The fourth-order valence-electron chi connectivity index (χ4n) is 4.61. The van der Waals surface area contributed by atoms with Crippen molar-refractivity contribution in [3.63, 3.8) is 0 Å². The minimum absolute atomic E-state index is 0.0937. The van der Waals surface area contributed by atoms with Crippen molar-refractivity contribution in [3.8, 4) is 0 Å². The molecule has 4 aromatic carbocycles. The summed E-state index contributed by atoms with van der Waals surface area (Å²) >= 11 is 0. The van der Waals surface area contributed by atoms with E-state index < -0.39 is 72.7 Å². The second kappa shape index (κ2) is 11.2. The van der Waals surface area contributed by atoms with Gasteiger partial charge in [0.2, 0.25) is 0 Å². The van der Waals surface area contributed by atoms with Crippen LogP contribution in [0.5, 0.6) is 0 Å². The molecule has 0 amide bonds. The van der Waals surface area contributed by atoms with Gasteiger partial charge in [0.15, 0.2) is 0 Å². The van der Waals surface area contributed by atoms with Crippen LogP contribution < -0.4 is 0 Å². The standard InChI is InChI=1S/C29H21F9O3S2/c1-18-10-9-11-19(2)25(18)42(21-12-5-3-6-13-21,22-14-7-4-8-15-22)41-43(39,40)26-23(28(33,34)35)16-20(27(30,31)32)17-24(26)29(36,37)38/h3-17H,1-2H3. The second-order valence-electron chi connectivity index (χ2n) is 9.32. The molecule has 0 atom stereocenters. The summed E-state index contributed by atoms with van der Waals surface area (Å²) in [5.74, 6) is 0. The van der Waals surface area contributed by atoms with Crippen LogP contribution in [0.2, 0.25) is 0 Å². The van der Waals surface area contributed by atoms with Gasteiger partial charge >= 0.3 is 28.6 Å². The first-order chi connectivity index (χ1) is 19.8.